The molecule has 1 atom stereocenters. The van der Waals surface area contributed by atoms with Crippen LogP contribution in [0.25, 0.3) is 0 Å². The van der Waals surface area contributed by atoms with E-state index in [-0.39, 0.29) is 16.1 Å². The van der Waals surface area contributed by atoms with Crippen molar-refractivity contribution in [1.29, 1.82) is 0 Å². The van der Waals surface area contributed by atoms with E-state index < -0.39 is 25.4 Å². The summed E-state index contributed by atoms with van der Waals surface area (Å²) in [5.41, 5.74) is 4.38. The van der Waals surface area contributed by atoms with Crippen LogP contribution >= 0.6 is 0 Å². The fourth-order valence-electron chi connectivity index (χ4n) is 1.50. The van der Waals surface area contributed by atoms with E-state index in [1.165, 1.54) is 25.1 Å². The molecule has 0 spiro atoms. The number of hydrogen-bond donors (Lipinski definition) is 6. The van der Waals surface area contributed by atoms with Crippen molar-refractivity contribution in [1.82, 2.24) is 9.97 Å². The molecule has 0 radical (unpaired) electrons. The number of anilines is 2. The predicted octanol–water partition coefficient (Wildman–Crippen LogP) is -1.65. The number of aromatic amines is 2. The number of benzene rings is 1. The van der Waals surface area contributed by atoms with Crippen molar-refractivity contribution < 1.29 is 21.8 Å². The number of hydrogen-bond acceptors (Lipinski definition) is 7. The molecule has 1 aromatic carbocycles. The third kappa shape index (κ3) is 6.26. The Kier molecular flexibility index (Phi) is 6.74. The van der Waals surface area contributed by atoms with E-state index in [0.717, 1.165) is 6.07 Å². The van der Waals surface area contributed by atoms with E-state index in [2.05, 4.69) is 14.2 Å². The van der Waals surface area contributed by atoms with Crippen LogP contribution in [0, 0.1) is 0 Å². The van der Waals surface area contributed by atoms with Crippen LogP contribution in [0.1, 0.15) is 6.92 Å². The number of nitrogens with two attached hydrogens (primary N) is 1. The predicted molar refractivity (Wildman–Crippen MR) is 84.8 cm³/mol. The number of carbonyl (C=O) groups excluding carboxylic acids is 1. The summed E-state index contributed by atoms with van der Waals surface area (Å²) in [6.45, 7) is 1.32. The number of aromatic nitrogens is 2. The first kappa shape index (κ1) is 19.5. The van der Waals surface area contributed by atoms with Crippen molar-refractivity contribution in [2.75, 3.05) is 11.1 Å². The van der Waals surface area contributed by atoms with Gasteiger partial charge in [-0.1, -0.05) is 0 Å². The van der Waals surface area contributed by atoms with E-state index in [9.17, 15) is 22.2 Å². The summed E-state index contributed by atoms with van der Waals surface area (Å²) in [5, 5.41) is 10.7. The molecule has 2 rings (SSSR count). The van der Waals surface area contributed by atoms with Crippen molar-refractivity contribution >= 4 is 35.9 Å². The molecule has 0 aliphatic carbocycles. The molecule has 1 amide bonds. The first-order valence-electron chi connectivity index (χ1n) is 6.27. The molecule has 0 aliphatic heterocycles. The second kappa shape index (κ2) is 8.31. The molecule has 0 bridgehead atoms. The third-order valence-corrected chi connectivity index (χ3v) is 4.80. The van der Waals surface area contributed by atoms with Gasteiger partial charge in [0, 0.05) is 6.07 Å². The zero-order valence-corrected chi connectivity index (χ0v) is 14.2. The first-order valence-corrected chi connectivity index (χ1v) is 9.58. The number of amides is 1. The van der Waals surface area contributed by atoms with Crippen molar-refractivity contribution in [2.24, 2.45) is 0 Å². The Morgan fingerprint density at radius 1 is 1.29 bits per heavy atom. The largest absolute Gasteiger partial charge is 0.385 e. The van der Waals surface area contributed by atoms with Gasteiger partial charge in [0.25, 0.3) is 5.56 Å². The molecule has 1 unspecified atom stereocenters. The molecule has 24 heavy (non-hydrogen) atoms. The van der Waals surface area contributed by atoms with E-state index >= 15 is 0 Å². The number of nitrogen functional groups attached to an aromatic ring is 1. The molecule has 1 heterocycles. The smallest absolute Gasteiger partial charge is 0.327 e. The summed E-state index contributed by atoms with van der Waals surface area (Å²) in [5.74, 6) is -0.221. The fourth-order valence-corrected chi connectivity index (χ4v) is 2.91. The molecular weight excluding hydrogens is 387 g/mol. The van der Waals surface area contributed by atoms with E-state index in [1.54, 1.807) is 6.07 Å². The standard InChI is InChI=1S/C8H10AsNO5.C4H5N3O2/c1-6(11)10-8-4-2-3-7(5-8)9(12,13)15-14;5-2-1-3(8)7-4(9)6-2/h2-5,14H,1H3,(H,10,11)(H,12,13);1H,(H4,5,6,7,8,9). The molecule has 2 aromatic rings. The molecule has 1 aromatic heterocycles. The minimum Gasteiger partial charge on any atom is -0.385 e. The quantitative estimate of drug-likeness (QED) is 0.200. The molecular formula is C12H15AsN4O7. The molecule has 0 aliphatic rings. The molecule has 0 saturated heterocycles. The minimum atomic E-state index is -4.83. The molecule has 12 heteroatoms. The first-order chi connectivity index (χ1) is 11.1. The summed E-state index contributed by atoms with van der Waals surface area (Å²) in [4.78, 5) is 35.5. The number of nitrogens with one attached hydrogen (secondary N) is 3. The molecule has 11 nitrogen and oxygen atoms in total. The Labute approximate surface area is 137 Å². The number of rotatable bonds is 3. The van der Waals surface area contributed by atoms with Crippen LogP contribution in [-0.4, -0.2) is 39.4 Å². The van der Waals surface area contributed by atoms with Gasteiger partial charge in [-0.3, -0.25) is 14.8 Å². The monoisotopic (exact) mass is 402 g/mol. The maximum absolute atomic E-state index is 11.3. The van der Waals surface area contributed by atoms with Crippen molar-refractivity contribution in [3.63, 3.8) is 0 Å². The van der Waals surface area contributed by atoms with Crippen LogP contribution < -0.4 is 26.7 Å². The zero-order valence-electron chi connectivity index (χ0n) is 12.3. The van der Waals surface area contributed by atoms with Gasteiger partial charge in [-0.05, 0) is 0 Å². The van der Waals surface area contributed by atoms with Crippen LogP contribution in [0.5, 0.6) is 0 Å². The third-order valence-electron chi connectivity index (χ3n) is 2.38. The van der Waals surface area contributed by atoms with Crippen LogP contribution in [0.2, 0.25) is 0 Å². The van der Waals surface area contributed by atoms with E-state index in [0.29, 0.717) is 5.69 Å². The summed E-state index contributed by atoms with van der Waals surface area (Å²) >= 11 is -4.83. The van der Waals surface area contributed by atoms with Gasteiger partial charge in [0.1, 0.15) is 5.82 Å². The molecule has 0 fully saturated rings. The van der Waals surface area contributed by atoms with E-state index in [4.69, 9.17) is 11.0 Å². The Bertz CT molecular complexity index is 848. The minimum absolute atomic E-state index is 0.0399. The van der Waals surface area contributed by atoms with Gasteiger partial charge in [-0.15, -0.1) is 0 Å². The summed E-state index contributed by atoms with van der Waals surface area (Å²) in [7, 11) is 0. The Morgan fingerprint density at radius 2 is 1.96 bits per heavy atom. The van der Waals surface area contributed by atoms with Crippen LogP contribution in [0.3, 0.4) is 0 Å². The van der Waals surface area contributed by atoms with Gasteiger partial charge in [-0.2, -0.15) is 0 Å². The van der Waals surface area contributed by atoms with Gasteiger partial charge in [0.05, 0.1) is 0 Å². The Balaban J connectivity index is 0.000000272. The van der Waals surface area contributed by atoms with E-state index in [1.807, 2.05) is 4.98 Å². The Hall–Kier alpha value is -2.59. The van der Waals surface area contributed by atoms with Gasteiger partial charge in [0.2, 0.25) is 0 Å². The van der Waals surface area contributed by atoms with Crippen molar-refractivity contribution in [3.05, 3.63) is 51.2 Å². The average molecular weight is 402 g/mol. The van der Waals surface area contributed by atoms with Gasteiger partial charge >= 0.3 is 94.1 Å². The fraction of sp³-hybridized carbons (Fsp3) is 0.0833. The second-order valence-corrected chi connectivity index (χ2v) is 7.99. The SMILES string of the molecule is CC(=O)Nc1cccc([As](=O)(O)OO)c1.Nc1cc(=O)[nH]c(=O)[nH]1. The number of H-pyrrole nitrogens is 2. The summed E-state index contributed by atoms with van der Waals surface area (Å²) in [6.07, 6.45) is 0. The topological polar surface area (TPSA) is 188 Å². The normalized spacial score (nSPS) is 12.5. The zero-order chi connectivity index (χ0) is 18.3. The van der Waals surface area contributed by atoms with Crippen LogP contribution in [-0.2, 0) is 12.4 Å². The van der Waals surface area contributed by atoms with Crippen molar-refractivity contribution in [3.8, 4) is 0 Å². The number of carbonyl (C=O) groups is 1. The maximum Gasteiger partial charge on any atom is 0.327 e. The average Bonchev–Trinajstić information content (AvgIpc) is 2.46. The van der Waals surface area contributed by atoms with Gasteiger partial charge in [0.15, 0.2) is 0 Å². The Morgan fingerprint density at radius 3 is 2.46 bits per heavy atom. The van der Waals surface area contributed by atoms with Crippen LogP contribution in [0.4, 0.5) is 11.5 Å². The maximum atomic E-state index is 11.3. The van der Waals surface area contributed by atoms with Crippen LogP contribution in [0.15, 0.2) is 39.9 Å². The summed E-state index contributed by atoms with van der Waals surface area (Å²) in [6, 6.07) is 6.74. The second-order valence-electron chi connectivity index (χ2n) is 4.38. The summed E-state index contributed by atoms with van der Waals surface area (Å²) < 4.78 is 23.9. The molecule has 7 N–H and O–H groups in total. The molecule has 130 valence electrons. The van der Waals surface area contributed by atoms with Gasteiger partial charge in [-0.25, -0.2) is 4.79 Å². The molecule has 0 saturated carbocycles. The van der Waals surface area contributed by atoms with Crippen molar-refractivity contribution in [2.45, 2.75) is 6.92 Å². The van der Waals surface area contributed by atoms with Gasteiger partial charge < -0.3 is 5.73 Å².